The minimum Gasteiger partial charge on any atom is -0.385 e. The number of hydrogen-bond donors (Lipinski definition) is 1. The lowest BCUT2D eigenvalue weighted by atomic mass is 9.93. The van der Waals surface area contributed by atoms with Crippen molar-refractivity contribution >= 4 is 0 Å². The molecule has 0 bridgehead atoms. The second-order valence-electron chi connectivity index (χ2n) is 4.59. The fourth-order valence-corrected chi connectivity index (χ4v) is 2.20. The normalized spacial score (nSPS) is 25.1. The Balaban J connectivity index is 1.87. The summed E-state index contributed by atoms with van der Waals surface area (Å²) < 4.78 is 16.2. The molecule has 1 saturated carbocycles. The van der Waals surface area contributed by atoms with Crippen LogP contribution in [0.1, 0.15) is 32.1 Å². The van der Waals surface area contributed by atoms with Crippen LogP contribution in [0.25, 0.3) is 0 Å². The fourth-order valence-electron chi connectivity index (χ4n) is 2.20. The van der Waals surface area contributed by atoms with Crippen molar-refractivity contribution < 1.29 is 14.2 Å². The SMILES string of the molecule is CNC1CCC(OCCOCCCOC)CC1. The quantitative estimate of drug-likeness (QED) is 0.626. The first-order chi connectivity index (χ1) is 8.36. The summed E-state index contributed by atoms with van der Waals surface area (Å²) in [6.07, 6.45) is 6.22. The van der Waals surface area contributed by atoms with Crippen molar-refractivity contribution in [1.29, 1.82) is 0 Å². The van der Waals surface area contributed by atoms with Gasteiger partial charge in [-0.1, -0.05) is 0 Å². The van der Waals surface area contributed by atoms with Gasteiger partial charge in [0, 0.05) is 26.4 Å². The second kappa shape index (κ2) is 9.83. The van der Waals surface area contributed by atoms with E-state index in [-0.39, 0.29) is 0 Å². The zero-order chi connectivity index (χ0) is 12.3. The predicted molar refractivity (Wildman–Crippen MR) is 68.4 cm³/mol. The Kier molecular flexibility index (Phi) is 8.61. The molecule has 0 radical (unpaired) electrons. The van der Waals surface area contributed by atoms with Gasteiger partial charge in [-0.2, -0.15) is 0 Å². The fraction of sp³-hybridized carbons (Fsp3) is 1.00. The molecule has 1 N–H and O–H groups in total. The van der Waals surface area contributed by atoms with Gasteiger partial charge in [0.25, 0.3) is 0 Å². The van der Waals surface area contributed by atoms with E-state index in [1.165, 1.54) is 25.7 Å². The van der Waals surface area contributed by atoms with Crippen LogP contribution in [-0.2, 0) is 14.2 Å². The number of ether oxygens (including phenoxy) is 3. The van der Waals surface area contributed by atoms with Crippen molar-refractivity contribution in [3.63, 3.8) is 0 Å². The van der Waals surface area contributed by atoms with Crippen LogP contribution in [0.2, 0.25) is 0 Å². The number of nitrogens with one attached hydrogen (secondary N) is 1. The summed E-state index contributed by atoms with van der Waals surface area (Å²) in [5.41, 5.74) is 0. The van der Waals surface area contributed by atoms with Crippen LogP contribution in [0.15, 0.2) is 0 Å². The molecule has 0 spiro atoms. The van der Waals surface area contributed by atoms with Crippen LogP contribution in [0.4, 0.5) is 0 Å². The maximum atomic E-state index is 5.80. The largest absolute Gasteiger partial charge is 0.385 e. The molecule has 0 aromatic carbocycles. The average Bonchev–Trinajstić information content (AvgIpc) is 2.38. The summed E-state index contributed by atoms with van der Waals surface area (Å²) in [5, 5.41) is 3.33. The lowest BCUT2D eigenvalue weighted by Crippen LogP contribution is -2.33. The van der Waals surface area contributed by atoms with Crippen molar-refractivity contribution in [2.45, 2.75) is 44.2 Å². The third-order valence-corrected chi connectivity index (χ3v) is 3.30. The van der Waals surface area contributed by atoms with Crippen LogP contribution < -0.4 is 5.32 Å². The first kappa shape index (κ1) is 14.9. The Hall–Kier alpha value is -0.160. The van der Waals surface area contributed by atoms with Gasteiger partial charge in [0.2, 0.25) is 0 Å². The van der Waals surface area contributed by atoms with E-state index < -0.39 is 0 Å². The van der Waals surface area contributed by atoms with Gasteiger partial charge in [0.15, 0.2) is 0 Å². The summed E-state index contributed by atoms with van der Waals surface area (Å²) in [4.78, 5) is 0. The average molecular weight is 245 g/mol. The molecular weight excluding hydrogens is 218 g/mol. The maximum Gasteiger partial charge on any atom is 0.0704 e. The van der Waals surface area contributed by atoms with Gasteiger partial charge in [-0.15, -0.1) is 0 Å². The molecule has 0 atom stereocenters. The van der Waals surface area contributed by atoms with Crippen LogP contribution >= 0.6 is 0 Å². The van der Waals surface area contributed by atoms with Crippen LogP contribution in [0.3, 0.4) is 0 Å². The van der Waals surface area contributed by atoms with E-state index in [9.17, 15) is 0 Å². The molecule has 0 amide bonds. The molecule has 0 heterocycles. The Morgan fingerprint density at radius 1 is 1.00 bits per heavy atom. The predicted octanol–water partition coefficient (Wildman–Crippen LogP) is 1.59. The molecule has 0 aromatic heterocycles. The third kappa shape index (κ3) is 6.99. The highest BCUT2D eigenvalue weighted by Crippen LogP contribution is 2.20. The van der Waals surface area contributed by atoms with Crippen LogP contribution in [0.5, 0.6) is 0 Å². The standard InChI is InChI=1S/C13H27NO3/c1-14-12-4-6-13(7-5-12)17-11-10-16-9-3-8-15-2/h12-14H,3-11H2,1-2H3. The highest BCUT2D eigenvalue weighted by Gasteiger charge is 2.19. The zero-order valence-corrected chi connectivity index (χ0v) is 11.2. The Morgan fingerprint density at radius 3 is 2.41 bits per heavy atom. The molecule has 0 aliphatic heterocycles. The molecular formula is C13H27NO3. The van der Waals surface area contributed by atoms with Crippen molar-refractivity contribution in [2.75, 3.05) is 40.6 Å². The molecule has 0 unspecified atom stereocenters. The molecule has 102 valence electrons. The minimum absolute atomic E-state index is 0.446. The van der Waals surface area contributed by atoms with Crippen molar-refractivity contribution in [3.05, 3.63) is 0 Å². The molecule has 1 aliphatic rings. The third-order valence-electron chi connectivity index (χ3n) is 3.30. The van der Waals surface area contributed by atoms with Crippen LogP contribution in [0, 0.1) is 0 Å². The van der Waals surface area contributed by atoms with E-state index in [4.69, 9.17) is 14.2 Å². The first-order valence-corrected chi connectivity index (χ1v) is 6.72. The Morgan fingerprint density at radius 2 is 1.76 bits per heavy atom. The van der Waals surface area contributed by atoms with Gasteiger partial charge in [-0.25, -0.2) is 0 Å². The molecule has 0 saturated heterocycles. The summed E-state index contributed by atoms with van der Waals surface area (Å²) in [7, 11) is 3.75. The van der Waals surface area contributed by atoms with Gasteiger partial charge in [-0.3, -0.25) is 0 Å². The molecule has 4 nitrogen and oxygen atoms in total. The van der Waals surface area contributed by atoms with Gasteiger partial charge < -0.3 is 19.5 Å². The van der Waals surface area contributed by atoms with Gasteiger partial charge in [0.1, 0.15) is 0 Å². The molecule has 1 fully saturated rings. The van der Waals surface area contributed by atoms with Crippen molar-refractivity contribution in [2.24, 2.45) is 0 Å². The molecule has 1 rings (SSSR count). The van der Waals surface area contributed by atoms with Gasteiger partial charge in [0.05, 0.1) is 19.3 Å². The molecule has 1 aliphatic carbocycles. The number of methoxy groups -OCH3 is 1. The monoisotopic (exact) mass is 245 g/mol. The molecule has 4 heteroatoms. The van der Waals surface area contributed by atoms with E-state index in [0.29, 0.717) is 18.8 Å². The molecule has 0 aromatic rings. The second-order valence-corrected chi connectivity index (χ2v) is 4.59. The van der Waals surface area contributed by atoms with E-state index in [1.807, 2.05) is 7.05 Å². The molecule has 17 heavy (non-hydrogen) atoms. The lowest BCUT2D eigenvalue weighted by Gasteiger charge is -2.28. The number of rotatable bonds is 9. The highest BCUT2D eigenvalue weighted by atomic mass is 16.5. The van der Waals surface area contributed by atoms with E-state index in [2.05, 4.69) is 5.32 Å². The first-order valence-electron chi connectivity index (χ1n) is 6.72. The highest BCUT2D eigenvalue weighted by molar-refractivity contribution is 4.76. The van der Waals surface area contributed by atoms with Gasteiger partial charge >= 0.3 is 0 Å². The topological polar surface area (TPSA) is 39.7 Å². The van der Waals surface area contributed by atoms with E-state index >= 15 is 0 Å². The van der Waals surface area contributed by atoms with Crippen LogP contribution in [-0.4, -0.2) is 52.7 Å². The maximum absolute atomic E-state index is 5.80. The minimum atomic E-state index is 0.446. The Bertz CT molecular complexity index is 170. The summed E-state index contributed by atoms with van der Waals surface area (Å²) in [5.74, 6) is 0. The summed E-state index contributed by atoms with van der Waals surface area (Å²) in [6, 6.07) is 0.695. The summed E-state index contributed by atoms with van der Waals surface area (Å²) >= 11 is 0. The van der Waals surface area contributed by atoms with Crippen molar-refractivity contribution in [1.82, 2.24) is 5.32 Å². The smallest absolute Gasteiger partial charge is 0.0704 e. The van der Waals surface area contributed by atoms with Crippen molar-refractivity contribution in [3.8, 4) is 0 Å². The van der Waals surface area contributed by atoms with E-state index in [1.54, 1.807) is 7.11 Å². The zero-order valence-electron chi connectivity index (χ0n) is 11.2. The van der Waals surface area contributed by atoms with E-state index in [0.717, 1.165) is 26.2 Å². The summed E-state index contributed by atoms with van der Waals surface area (Å²) in [6.45, 7) is 2.97. The lowest BCUT2D eigenvalue weighted by molar-refractivity contribution is -0.0154. The number of hydrogen-bond acceptors (Lipinski definition) is 4. The Labute approximate surface area is 105 Å². The van der Waals surface area contributed by atoms with Gasteiger partial charge in [-0.05, 0) is 39.2 Å².